The molecule has 4 heterocycles. The maximum absolute atomic E-state index is 5.38. The first-order valence-corrected chi connectivity index (χ1v) is 33.1. The van der Waals surface area contributed by atoms with Crippen LogP contribution < -0.4 is 0 Å². The molecule has 18 aromatic rings. The van der Waals surface area contributed by atoms with Gasteiger partial charge in [0.15, 0.2) is 34.9 Å². The van der Waals surface area contributed by atoms with Crippen LogP contribution in [0.25, 0.3) is 186 Å². The van der Waals surface area contributed by atoms with Crippen molar-refractivity contribution < 1.29 is 0 Å². The Morgan fingerprint density at radius 1 is 0.181 bits per heavy atom. The van der Waals surface area contributed by atoms with Gasteiger partial charge in [0.25, 0.3) is 0 Å². The van der Waals surface area contributed by atoms with E-state index in [2.05, 4.69) is 279 Å². The van der Waals surface area contributed by atoms with Gasteiger partial charge in [-0.3, -0.25) is 0 Å². The van der Waals surface area contributed by atoms with Crippen LogP contribution in [0.2, 0.25) is 0 Å². The van der Waals surface area contributed by atoms with Crippen molar-refractivity contribution in [2.24, 2.45) is 0 Å². The topological polar surface area (TPSA) is 77.3 Å². The number of aromatic nitrogens is 6. The zero-order valence-corrected chi connectivity index (χ0v) is 52.2. The summed E-state index contributed by atoms with van der Waals surface area (Å²) in [7, 11) is 0. The molecule has 18 rings (SSSR count). The molecule has 0 aliphatic heterocycles. The number of fused-ring (bicyclic) bond motifs is 8. The monoisotopic (exact) mass is 1230 g/mol. The maximum Gasteiger partial charge on any atom is 0.165 e. The normalized spacial score (nSPS) is 11.6. The second-order valence-corrected chi connectivity index (χ2v) is 25.8. The minimum Gasteiger partial charge on any atom is -0.208 e. The number of thiophene rings is 2. The summed E-state index contributed by atoms with van der Waals surface area (Å²) in [5, 5.41) is 9.61. The molecule has 0 amide bonds. The molecule has 0 saturated carbocycles. The van der Waals surface area contributed by atoms with Crippen LogP contribution in [0.15, 0.2) is 315 Å². The van der Waals surface area contributed by atoms with E-state index < -0.39 is 0 Å². The number of rotatable bonds is 11. The fourth-order valence-corrected chi connectivity index (χ4v) is 15.8. The zero-order chi connectivity index (χ0) is 62.1. The minimum atomic E-state index is 0.616. The Kier molecular flexibility index (Phi) is 13.5. The van der Waals surface area contributed by atoms with E-state index in [0.29, 0.717) is 34.9 Å². The second kappa shape index (κ2) is 23.1. The molecule has 438 valence electrons. The van der Waals surface area contributed by atoms with Crippen LogP contribution in [0.5, 0.6) is 0 Å². The van der Waals surface area contributed by atoms with Gasteiger partial charge in [0.2, 0.25) is 0 Å². The molecule has 0 fully saturated rings. The van der Waals surface area contributed by atoms with E-state index in [1.54, 1.807) is 22.7 Å². The van der Waals surface area contributed by atoms with E-state index in [1.165, 1.54) is 57.5 Å². The Hall–Kier alpha value is -11.9. The fraction of sp³-hybridized carbons (Fsp3) is 0. The van der Waals surface area contributed by atoms with E-state index >= 15 is 0 Å². The van der Waals surface area contributed by atoms with Crippen molar-refractivity contribution in [1.29, 1.82) is 0 Å². The Morgan fingerprint density at radius 2 is 0.543 bits per heavy atom. The van der Waals surface area contributed by atoms with Gasteiger partial charge in [0.1, 0.15) is 0 Å². The van der Waals surface area contributed by atoms with Crippen LogP contribution in [-0.4, -0.2) is 29.9 Å². The van der Waals surface area contributed by atoms with Gasteiger partial charge in [0, 0.05) is 73.7 Å². The predicted octanol–water partition coefficient (Wildman–Crippen LogP) is 23.4. The van der Waals surface area contributed by atoms with Crippen LogP contribution >= 0.6 is 22.7 Å². The van der Waals surface area contributed by atoms with Gasteiger partial charge in [-0.2, -0.15) is 0 Å². The molecule has 8 heteroatoms. The van der Waals surface area contributed by atoms with Crippen LogP contribution in [0.1, 0.15) is 0 Å². The lowest BCUT2D eigenvalue weighted by atomic mass is 9.93. The molecule has 0 aliphatic carbocycles. The van der Waals surface area contributed by atoms with E-state index in [-0.39, 0.29) is 0 Å². The highest BCUT2D eigenvalue weighted by molar-refractivity contribution is 7.26. The van der Waals surface area contributed by atoms with E-state index in [0.717, 1.165) is 93.4 Å². The van der Waals surface area contributed by atoms with Crippen molar-refractivity contribution in [2.75, 3.05) is 0 Å². The molecule has 0 saturated heterocycles. The van der Waals surface area contributed by atoms with E-state index in [1.807, 2.05) is 36.4 Å². The lowest BCUT2D eigenvalue weighted by molar-refractivity contribution is 1.08. The van der Waals surface area contributed by atoms with Crippen molar-refractivity contribution in [1.82, 2.24) is 29.9 Å². The van der Waals surface area contributed by atoms with Gasteiger partial charge in [-0.05, 0) is 138 Å². The molecule has 94 heavy (non-hydrogen) atoms. The molecule has 0 unspecified atom stereocenters. The third-order valence-electron chi connectivity index (χ3n) is 18.0. The largest absolute Gasteiger partial charge is 0.208 e. The smallest absolute Gasteiger partial charge is 0.165 e. The average Bonchev–Trinajstić information content (AvgIpc) is 1.57. The third-order valence-corrected chi connectivity index (χ3v) is 20.4. The Labute approximate surface area is 550 Å². The van der Waals surface area contributed by atoms with Gasteiger partial charge < -0.3 is 0 Å². The molecule has 14 aromatic carbocycles. The Bertz CT molecular complexity index is 6010. The van der Waals surface area contributed by atoms with Gasteiger partial charge >= 0.3 is 0 Å². The summed E-state index contributed by atoms with van der Waals surface area (Å²) >= 11 is 3.57. The molecular formula is C86H52N6S2. The summed E-state index contributed by atoms with van der Waals surface area (Å²) in [5.74, 6) is 3.78. The highest BCUT2D eigenvalue weighted by atomic mass is 32.1. The highest BCUT2D eigenvalue weighted by Gasteiger charge is 2.22. The number of hydrogen-bond acceptors (Lipinski definition) is 8. The van der Waals surface area contributed by atoms with Crippen LogP contribution in [0.4, 0.5) is 0 Å². The quantitative estimate of drug-likeness (QED) is 0.128. The highest BCUT2D eigenvalue weighted by Crippen LogP contribution is 2.46. The molecule has 4 aromatic heterocycles. The summed E-state index contributed by atoms with van der Waals surface area (Å²) in [6.45, 7) is 0. The van der Waals surface area contributed by atoms with Gasteiger partial charge in [-0.15, -0.1) is 22.7 Å². The molecule has 0 spiro atoms. The van der Waals surface area contributed by atoms with E-state index in [4.69, 9.17) is 29.9 Å². The molecule has 0 N–H and O–H groups in total. The first kappa shape index (κ1) is 54.9. The van der Waals surface area contributed by atoms with Crippen LogP contribution in [0.3, 0.4) is 0 Å². The van der Waals surface area contributed by atoms with Gasteiger partial charge in [-0.25, -0.2) is 29.9 Å². The van der Waals surface area contributed by atoms with Crippen molar-refractivity contribution in [3.05, 3.63) is 315 Å². The number of hydrogen-bond donors (Lipinski definition) is 0. The summed E-state index contributed by atoms with van der Waals surface area (Å²) < 4.78 is 4.74. The zero-order valence-electron chi connectivity index (χ0n) is 50.5. The number of nitrogens with zero attached hydrogens (tertiary/aromatic N) is 6. The molecule has 6 nitrogen and oxygen atoms in total. The lowest BCUT2D eigenvalue weighted by Gasteiger charge is -2.13. The fourth-order valence-electron chi connectivity index (χ4n) is 13.3. The Balaban J connectivity index is 0.677. The molecular weight excluding hydrogens is 1180 g/mol. The summed E-state index contributed by atoms with van der Waals surface area (Å²) in [4.78, 5) is 31.4. The van der Waals surface area contributed by atoms with Crippen LogP contribution in [-0.2, 0) is 0 Å². The van der Waals surface area contributed by atoms with Crippen molar-refractivity contribution in [3.8, 4) is 124 Å². The van der Waals surface area contributed by atoms with Gasteiger partial charge in [0.05, 0.1) is 0 Å². The average molecular weight is 1230 g/mol. The van der Waals surface area contributed by atoms with Crippen molar-refractivity contribution in [2.45, 2.75) is 0 Å². The molecule has 0 atom stereocenters. The SMILES string of the molecule is c1ccc(-c2nc(-c3cccc(-c4cccc(-c5ccc6cc(-c7ccc(-c8nc(-c9ccccc9)nc(-c9cccc(-c%10cccc(-c%11cccc%12ccccc%11%12)c%10)c9)n8)c8sc9ccccc9c78)ccc6c5)c4)c3)nc(-c3cccc4c3sc3ccccc34)n2)cc1. The third kappa shape index (κ3) is 9.97. The summed E-state index contributed by atoms with van der Waals surface area (Å²) in [6.07, 6.45) is 0. The number of benzene rings is 14. The van der Waals surface area contributed by atoms with E-state index in [9.17, 15) is 0 Å². The lowest BCUT2D eigenvalue weighted by Crippen LogP contribution is -2.00. The van der Waals surface area contributed by atoms with Crippen LogP contribution in [0, 0.1) is 0 Å². The first-order chi connectivity index (χ1) is 46.5. The molecule has 0 radical (unpaired) electrons. The molecule has 0 bridgehead atoms. The first-order valence-electron chi connectivity index (χ1n) is 31.5. The maximum atomic E-state index is 5.38. The minimum absolute atomic E-state index is 0.616. The second-order valence-electron chi connectivity index (χ2n) is 23.7. The standard InChI is InChI=1S/C86H52N6S2/c1-3-20-54(21-4-1)81-87-83(91-85(89-81)74-38-18-37-72-71-34-9-11-39-76(71)93-79(72)74)66-31-15-28-59(51-66)56-25-13-26-57(47-56)61-41-42-63-50-65(44-43-62(63)48-61)70-45-46-75(80-78(70)73-35-10-12-40-77(73)94-80)86-90-82(55-22-5-2-6-23-55)88-84(92-86)67-32-16-29-60(52-67)58-27-14-30-64(49-58)69-36-17-24-53-19-7-8-33-68(53)69/h1-52H. The van der Waals surface area contributed by atoms with Gasteiger partial charge in [-0.1, -0.05) is 255 Å². The summed E-state index contributed by atoms with van der Waals surface area (Å²) in [6, 6.07) is 112. The van der Waals surface area contributed by atoms with Crippen molar-refractivity contribution >= 4 is 84.6 Å². The predicted molar refractivity (Wildman–Crippen MR) is 394 cm³/mol. The van der Waals surface area contributed by atoms with Crippen molar-refractivity contribution in [3.63, 3.8) is 0 Å². The molecule has 0 aliphatic rings. The summed E-state index contributed by atoms with van der Waals surface area (Å²) in [5.41, 5.74) is 17.0. The Morgan fingerprint density at radius 3 is 1.17 bits per heavy atom.